The number of rotatable bonds is 2. The van der Waals surface area contributed by atoms with Crippen LogP contribution in [0.15, 0.2) is 18.2 Å². The molecule has 0 radical (unpaired) electrons. The summed E-state index contributed by atoms with van der Waals surface area (Å²) in [6, 6.07) is 4.77. The van der Waals surface area contributed by atoms with E-state index < -0.39 is 0 Å². The first kappa shape index (κ1) is 11.0. The van der Waals surface area contributed by atoms with E-state index in [4.69, 9.17) is 11.6 Å². The molecule has 2 aromatic rings. The fraction of sp³-hybridized carbons (Fsp3) is 0.462. The molecule has 0 atom stereocenters. The van der Waals surface area contributed by atoms with Crippen molar-refractivity contribution in [1.82, 2.24) is 9.55 Å². The number of nitrogens with zero attached hydrogens (tertiary/aromatic N) is 2. The second kappa shape index (κ2) is 3.70. The number of halogens is 2. The van der Waals surface area contributed by atoms with Gasteiger partial charge in [-0.1, -0.05) is 0 Å². The van der Waals surface area contributed by atoms with Gasteiger partial charge in [-0.25, -0.2) is 9.37 Å². The second-order valence-electron chi connectivity index (χ2n) is 4.98. The summed E-state index contributed by atoms with van der Waals surface area (Å²) in [5, 5.41) is 0. The maximum Gasteiger partial charge on any atom is 0.125 e. The lowest BCUT2D eigenvalue weighted by Gasteiger charge is -2.41. The van der Waals surface area contributed by atoms with E-state index in [0.717, 1.165) is 24.2 Å². The van der Waals surface area contributed by atoms with Crippen molar-refractivity contribution >= 4 is 22.6 Å². The normalized spacial score (nSPS) is 18.3. The Kier molecular flexibility index (Phi) is 2.40. The van der Waals surface area contributed by atoms with Crippen LogP contribution in [0, 0.1) is 5.82 Å². The average molecular weight is 253 g/mol. The van der Waals surface area contributed by atoms with E-state index in [2.05, 4.69) is 16.5 Å². The van der Waals surface area contributed by atoms with Gasteiger partial charge in [0, 0.05) is 11.6 Å². The molecule has 17 heavy (non-hydrogen) atoms. The predicted molar refractivity (Wildman–Crippen MR) is 66.7 cm³/mol. The lowest BCUT2D eigenvalue weighted by Crippen LogP contribution is -2.38. The van der Waals surface area contributed by atoms with E-state index in [1.54, 1.807) is 6.07 Å². The Morgan fingerprint density at radius 2 is 2.24 bits per heavy atom. The highest BCUT2D eigenvalue weighted by atomic mass is 35.5. The Bertz CT molecular complexity index is 572. The number of fused-ring (bicyclic) bond motifs is 1. The number of imidazole rings is 1. The first-order valence-electron chi connectivity index (χ1n) is 5.87. The molecule has 1 aromatic carbocycles. The maximum absolute atomic E-state index is 13.2. The van der Waals surface area contributed by atoms with Crippen LogP contribution >= 0.6 is 11.6 Å². The molecule has 2 nitrogen and oxygen atoms in total. The van der Waals surface area contributed by atoms with Gasteiger partial charge < -0.3 is 4.57 Å². The third kappa shape index (κ3) is 1.56. The van der Waals surface area contributed by atoms with E-state index in [1.807, 2.05) is 0 Å². The molecule has 90 valence electrons. The highest BCUT2D eigenvalue weighted by Gasteiger charge is 2.36. The third-order valence-corrected chi connectivity index (χ3v) is 4.02. The molecular formula is C13H14ClFN2. The van der Waals surface area contributed by atoms with Crippen LogP contribution in [0.2, 0.25) is 0 Å². The van der Waals surface area contributed by atoms with Gasteiger partial charge in [0.1, 0.15) is 11.6 Å². The molecule has 1 aliphatic carbocycles. The van der Waals surface area contributed by atoms with Crippen LogP contribution < -0.4 is 0 Å². The number of hydrogen-bond donors (Lipinski definition) is 0. The molecule has 0 aliphatic heterocycles. The lowest BCUT2D eigenvalue weighted by atomic mass is 9.78. The zero-order valence-corrected chi connectivity index (χ0v) is 10.5. The Morgan fingerprint density at radius 3 is 2.82 bits per heavy atom. The van der Waals surface area contributed by atoms with E-state index in [1.165, 1.54) is 18.6 Å². The maximum atomic E-state index is 13.2. The molecule has 0 amide bonds. The Hall–Kier alpha value is -1.09. The Labute approximate surface area is 104 Å². The van der Waals surface area contributed by atoms with Crippen LogP contribution in [0.5, 0.6) is 0 Å². The van der Waals surface area contributed by atoms with Gasteiger partial charge >= 0.3 is 0 Å². The van der Waals surface area contributed by atoms with Crippen molar-refractivity contribution in [2.24, 2.45) is 0 Å². The SMILES string of the molecule is CC1(n2c(CCl)nc3cc(F)ccc32)CCC1. The molecule has 1 fully saturated rings. The monoisotopic (exact) mass is 252 g/mol. The van der Waals surface area contributed by atoms with Crippen molar-refractivity contribution in [2.45, 2.75) is 37.6 Å². The molecular weight excluding hydrogens is 239 g/mol. The highest BCUT2D eigenvalue weighted by molar-refractivity contribution is 6.16. The summed E-state index contributed by atoms with van der Waals surface area (Å²) >= 11 is 5.95. The van der Waals surface area contributed by atoms with Gasteiger partial charge in [0.15, 0.2) is 0 Å². The Balaban J connectivity index is 2.27. The van der Waals surface area contributed by atoms with Crippen molar-refractivity contribution in [2.75, 3.05) is 0 Å². The molecule has 0 N–H and O–H groups in total. The van der Waals surface area contributed by atoms with E-state index >= 15 is 0 Å². The van der Waals surface area contributed by atoms with Crippen molar-refractivity contribution in [3.8, 4) is 0 Å². The van der Waals surface area contributed by atoms with Crippen LogP contribution in [-0.2, 0) is 11.4 Å². The summed E-state index contributed by atoms with van der Waals surface area (Å²) in [6.07, 6.45) is 3.51. The predicted octanol–water partition coefficient (Wildman–Crippen LogP) is 3.81. The summed E-state index contributed by atoms with van der Waals surface area (Å²) in [5.74, 6) is 0.961. The van der Waals surface area contributed by atoms with Crippen LogP contribution in [0.4, 0.5) is 4.39 Å². The van der Waals surface area contributed by atoms with Gasteiger partial charge in [0.2, 0.25) is 0 Å². The fourth-order valence-electron chi connectivity index (χ4n) is 2.71. The van der Waals surface area contributed by atoms with Gasteiger partial charge in [-0.2, -0.15) is 0 Å². The molecule has 0 bridgehead atoms. The van der Waals surface area contributed by atoms with Crippen molar-refractivity contribution in [3.63, 3.8) is 0 Å². The molecule has 0 saturated heterocycles. The molecule has 4 heteroatoms. The lowest BCUT2D eigenvalue weighted by molar-refractivity contribution is 0.171. The topological polar surface area (TPSA) is 17.8 Å². The number of benzene rings is 1. The minimum absolute atomic E-state index is 0.108. The summed E-state index contributed by atoms with van der Waals surface area (Å²) < 4.78 is 15.4. The third-order valence-electron chi connectivity index (χ3n) is 3.78. The second-order valence-corrected chi connectivity index (χ2v) is 5.25. The van der Waals surface area contributed by atoms with Crippen LogP contribution in [0.25, 0.3) is 11.0 Å². The quantitative estimate of drug-likeness (QED) is 0.743. The van der Waals surface area contributed by atoms with Gasteiger partial charge in [0.25, 0.3) is 0 Å². The molecule has 3 rings (SSSR count). The summed E-state index contributed by atoms with van der Waals surface area (Å²) in [4.78, 5) is 4.43. The zero-order valence-electron chi connectivity index (χ0n) is 9.71. The Morgan fingerprint density at radius 1 is 1.47 bits per heavy atom. The minimum Gasteiger partial charge on any atom is -0.321 e. The smallest absolute Gasteiger partial charge is 0.125 e. The zero-order chi connectivity index (χ0) is 12.0. The molecule has 1 aliphatic rings. The molecule has 0 unspecified atom stereocenters. The van der Waals surface area contributed by atoms with Crippen LogP contribution in [0.1, 0.15) is 32.0 Å². The van der Waals surface area contributed by atoms with Gasteiger partial charge in [-0.05, 0) is 38.3 Å². The molecule has 1 saturated carbocycles. The van der Waals surface area contributed by atoms with E-state index in [9.17, 15) is 4.39 Å². The fourth-order valence-corrected chi connectivity index (χ4v) is 2.89. The van der Waals surface area contributed by atoms with E-state index in [-0.39, 0.29) is 11.4 Å². The highest BCUT2D eigenvalue weighted by Crippen LogP contribution is 2.41. The van der Waals surface area contributed by atoms with Gasteiger partial charge in [-0.3, -0.25) is 0 Å². The van der Waals surface area contributed by atoms with Gasteiger partial charge in [0.05, 0.1) is 16.9 Å². The number of hydrogen-bond acceptors (Lipinski definition) is 1. The molecule has 1 heterocycles. The number of aromatic nitrogens is 2. The minimum atomic E-state index is -0.248. The largest absolute Gasteiger partial charge is 0.321 e. The van der Waals surface area contributed by atoms with Crippen LogP contribution in [0.3, 0.4) is 0 Å². The number of alkyl halides is 1. The summed E-state index contributed by atoms with van der Waals surface area (Å²) in [7, 11) is 0. The first-order chi connectivity index (χ1) is 8.14. The summed E-state index contributed by atoms with van der Waals surface area (Å²) in [6.45, 7) is 2.22. The van der Waals surface area contributed by atoms with Crippen molar-refractivity contribution in [1.29, 1.82) is 0 Å². The van der Waals surface area contributed by atoms with Crippen molar-refractivity contribution < 1.29 is 4.39 Å². The molecule has 0 spiro atoms. The standard InChI is InChI=1S/C13H14ClFN2/c1-13(5-2-6-13)17-11-4-3-9(15)7-10(11)16-12(17)8-14/h3-4,7H,2,5-6,8H2,1H3. The van der Waals surface area contributed by atoms with Crippen molar-refractivity contribution in [3.05, 3.63) is 29.8 Å². The first-order valence-corrected chi connectivity index (χ1v) is 6.41. The van der Waals surface area contributed by atoms with E-state index in [0.29, 0.717) is 11.4 Å². The van der Waals surface area contributed by atoms with Gasteiger partial charge in [-0.15, -0.1) is 11.6 Å². The summed E-state index contributed by atoms with van der Waals surface area (Å²) in [5.41, 5.74) is 1.80. The average Bonchev–Trinajstić information content (AvgIpc) is 2.63. The molecule has 1 aromatic heterocycles. The van der Waals surface area contributed by atoms with Crippen LogP contribution in [-0.4, -0.2) is 9.55 Å².